The van der Waals surface area contributed by atoms with E-state index in [1.54, 1.807) is 0 Å². The standard InChI is InChI=1S/C68H120O6/c1-4-7-10-13-16-19-22-25-28-30-32-33-34-36-37-40-43-46-49-52-55-58-61-67(70)73-64-65(63-72-66(69)60-57-54-51-48-45-42-39-27-24-21-18-15-12-9-6-3)74-68(71)62-59-56-53-50-47-44-41-38-35-31-29-26-23-20-17-14-11-8-5-2/h9,12,17-18,20-21,26-27,29,39,45,48,65H,4-8,10-11,13-16,19,22-25,28,30-38,40-44,46-47,49-64H2,1-3H3/b12-9-,20-17-,21-18-,29-26-,39-27-,48-45-. The molecule has 0 spiro atoms. The van der Waals surface area contributed by atoms with Crippen molar-refractivity contribution in [3.8, 4) is 0 Å². The fourth-order valence-electron chi connectivity index (χ4n) is 9.17. The normalized spacial score (nSPS) is 12.5. The van der Waals surface area contributed by atoms with Crippen LogP contribution in [0.2, 0.25) is 0 Å². The summed E-state index contributed by atoms with van der Waals surface area (Å²) in [5.74, 6) is -0.919. The molecule has 0 aliphatic heterocycles. The maximum Gasteiger partial charge on any atom is 0.306 e. The molecule has 6 heteroatoms. The summed E-state index contributed by atoms with van der Waals surface area (Å²) >= 11 is 0. The number of ether oxygens (including phenoxy) is 3. The highest BCUT2D eigenvalue weighted by Crippen LogP contribution is 2.17. The number of allylic oxidation sites excluding steroid dienone is 12. The third kappa shape index (κ3) is 59.7. The summed E-state index contributed by atoms with van der Waals surface area (Å²) in [5.41, 5.74) is 0. The van der Waals surface area contributed by atoms with Gasteiger partial charge in [-0.15, -0.1) is 0 Å². The van der Waals surface area contributed by atoms with Crippen LogP contribution in [0.1, 0.15) is 323 Å². The van der Waals surface area contributed by atoms with Crippen LogP contribution in [0.5, 0.6) is 0 Å². The highest BCUT2D eigenvalue weighted by atomic mass is 16.6. The highest BCUT2D eigenvalue weighted by Gasteiger charge is 2.19. The molecule has 0 heterocycles. The van der Waals surface area contributed by atoms with E-state index in [0.29, 0.717) is 19.3 Å². The summed E-state index contributed by atoms with van der Waals surface area (Å²) in [7, 11) is 0. The maximum absolute atomic E-state index is 12.9. The van der Waals surface area contributed by atoms with Gasteiger partial charge in [-0.25, -0.2) is 0 Å². The van der Waals surface area contributed by atoms with Crippen LogP contribution >= 0.6 is 0 Å². The smallest absolute Gasteiger partial charge is 0.306 e. The zero-order chi connectivity index (χ0) is 53.6. The second kappa shape index (κ2) is 62.4. The topological polar surface area (TPSA) is 78.9 Å². The van der Waals surface area contributed by atoms with Crippen LogP contribution < -0.4 is 0 Å². The number of esters is 3. The van der Waals surface area contributed by atoms with Crippen molar-refractivity contribution < 1.29 is 28.6 Å². The van der Waals surface area contributed by atoms with Crippen molar-refractivity contribution in [1.82, 2.24) is 0 Å². The molecule has 0 bridgehead atoms. The number of rotatable bonds is 58. The molecule has 0 amide bonds. The molecule has 1 atom stereocenters. The van der Waals surface area contributed by atoms with E-state index in [-0.39, 0.29) is 31.1 Å². The Labute approximate surface area is 459 Å². The van der Waals surface area contributed by atoms with Crippen LogP contribution in [-0.2, 0) is 28.6 Å². The Bertz CT molecular complexity index is 1370. The average Bonchev–Trinajstić information content (AvgIpc) is 3.40. The summed E-state index contributed by atoms with van der Waals surface area (Å²) in [6.07, 6.45) is 80.6. The van der Waals surface area contributed by atoms with Crippen molar-refractivity contribution >= 4 is 17.9 Å². The molecule has 0 saturated carbocycles. The van der Waals surface area contributed by atoms with Gasteiger partial charge < -0.3 is 14.2 Å². The van der Waals surface area contributed by atoms with E-state index in [4.69, 9.17) is 14.2 Å². The molecule has 0 aliphatic carbocycles. The van der Waals surface area contributed by atoms with Crippen LogP contribution in [0.15, 0.2) is 72.9 Å². The first-order valence-electron chi connectivity index (χ1n) is 31.9. The quantitative estimate of drug-likeness (QED) is 0.0261. The molecule has 6 nitrogen and oxygen atoms in total. The molecule has 0 aromatic heterocycles. The van der Waals surface area contributed by atoms with Crippen molar-refractivity contribution in [2.75, 3.05) is 13.2 Å². The molecule has 1 unspecified atom stereocenters. The summed E-state index contributed by atoms with van der Waals surface area (Å²) in [6.45, 7) is 6.51. The van der Waals surface area contributed by atoms with Crippen LogP contribution in [0.4, 0.5) is 0 Å². The van der Waals surface area contributed by atoms with Gasteiger partial charge in [0, 0.05) is 19.3 Å². The zero-order valence-electron chi connectivity index (χ0n) is 49.1. The minimum absolute atomic E-state index is 0.0875. The molecule has 0 aliphatic rings. The average molecular weight is 1030 g/mol. The lowest BCUT2D eigenvalue weighted by Gasteiger charge is -2.18. The second-order valence-electron chi connectivity index (χ2n) is 21.3. The predicted octanol–water partition coefficient (Wildman–Crippen LogP) is 21.7. The van der Waals surface area contributed by atoms with Crippen LogP contribution in [0, 0.1) is 0 Å². The molecule has 0 rings (SSSR count). The van der Waals surface area contributed by atoms with Gasteiger partial charge in [0.25, 0.3) is 0 Å². The van der Waals surface area contributed by atoms with Crippen LogP contribution in [-0.4, -0.2) is 37.2 Å². The predicted molar refractivity (Wildman–Crippen MR) is 321 cm³/mol. The number of carbonyl (C=O) groups excluding carboxylic acids is 3. The molecule has 74 heavy (non-hydrogen) atoms. The van der Waals surface area contributed by atoms with Gasteiger partial charge in [0.1, 0.15) is 13.2 Å². The van der Waals surface area contributed by atoms with Gasteiger partial charge in [-0.3, -0.25) is 14.4 Å². The van der Waals surface area contributed by atoms with Gasteiger partial charge in [0.15, 0.2) is 6.10 Å². The molecule has 0 fully saturated rings. The molecule has 0 aromatic carbocycles. The Kier molecular flexibility index (Phi) is 59.7. The van der Waals surface area contributed by atoms with E-state index in [1.807, 2.05) is 0 Å². The number of unbranched alkanes of at least 4 members (excludes halogenated alkanes) is 35. The highest BCUT2D eigenvalue weighted by molar-refractivity contribution is 5.71. The number of carbonyl (C=O) groups is 3. The summed E-state index contributed by atoms with van der Waals surface area (Å²) in [5, 5.41) is 0. The van der Waals surface area contributed by atoms with Gasteiger partial charge in [0.05, 0.1) is 0 Å². The SMILES string of the molecule is CC/C=C\C/C=C\C/C=C\C/C=C\CCCCC(=O)OCC(COC(=O)CCCCCCCCCCCCCCCCCCCCCCCC)OC(=O)CCCCCCCCCCC/C=C\C/C=C\CCCCC. The molecule has 0 N–H and O–H groups in total. The molecule has 0 aromatic rings. The minimum atomic E-state index is -0.794. The molecule has 0 radical (unpaired) electrons. The van der Waals surface area contributed by atoms with Crippen molar-refractivity contribution in [2.45, 2.75) is 329 Å². The lowest BCUT2D eigenvalue weighted by atomic mass is 10.0. The van der Waals surface area contributed by atoms with Gasteiger partial charge in [0.2, 0.25) is 0 Å². The van der Waals surface area contributed by atoms with Gasteiger partial charge >= 0.3 is 17.9 Å². The van der Waals surface area contributed by atoms with E-state index < -0.39 is 6.10 Å². The van der Waals surface area contributed by atoms with Gasteiger partial charge in [-0.05, 0) is 89.9 Å². The Balaban J connectivity index is 4.36. The summed E-state index contributed by atoms with van der Waals surface area (Å²) in [6, 6.07) is 0. The van der Waals surface area contributed by atoms with Crippen LogP contribution in [0.25, 0.3) is 0 Å². The zero-order valence-corrected chi connectivity index (χ0v) is 49.1. The van der Waals surface area contributed by atoms with E-state index in [2.05, 4.69) is 93.7 Å². The first kappa shape index (κ1) is 70.8. The Morgan fingerprint density at radius 3 is 0.878 bits per heavy atom. The molecule has 428 valence electrons. The van der Waals surface area contributed by atoms with E-state index in [1.165, 1.54) is 193 Å². The maximum atomic E-state index is 12.9. The Hall–Kier alpha value is -3.15. The van der Waals surface area contributed by atoms with Crippen molar-refractivity contribution in [3.63, 3.8) is 0 Å². The lowest BCUT2D eigenvalue weighted by Crippen LogP contribution is -2.30. The fraction of sp³-hybridized carbons (Fsp3) is 0.779. The fourth-order valence-corrected chi connectivity index (χ4v) is 9.17. The Morgan fingerprint density at radius 1 is 0.284 bits per heavy atom. The molecule has 0 saturated heterocycles. The second-order valence-corrected chi connectivity index (χ2v) is 21.3. The van der Waals surface area contributed by atoms with E-state index >= 15 is 0 Å². The van der Waals surface area contributed by atoms with Crippen molar-refractivity contribution in [2.24, 2.45) is 0 Å². The third-order valence-corrected chi connectivity index (χ3v) is 13.9. The molecular weight excluding hydrogens is 913 g/mol. The Morgan fingerprint density at radius 2 is 0.527 bits per heavy atom. The monoisotopic (exact) mass is 1030 g/mol. The molecular formula is C68H120O6. The summed E-state index contributed by atoms with van der Waals surface area (Å²) < 4.78 is 16.9. The van der Waals surface area contributed by atoms with E-state index in [0.717, 1.165) is 89.9 Å². The number of hydrogen-bond acceptors (Lipinski definition) is 6. The van der Waals surface area contributed by atoms with E-state index in [9.17, 15) is 14.4 Å². The minimum Gasteiger partial charge on any atom is -0.462 e. The lowest BCUT2D eigenvalue weighted by molar-refractivity contribution is -0.167. The largest absolute Gasteiger partial charge is 0.462 e. The summed E-state index contributed by atoms with van der Waals surface area (Å²) in [4.78, 5) is 38.3. The first-order chi connectivity index (χ1) is 36.5. The third-order valence-electron chi connectivity index (χ3n) is 13.9. The first-order valence-corrected chi connectivity index (χ1v) is 31.9. The van der Waals surface area contributed by atoms with Crippen LogP contribution in [0.3, 0.4) is 0 Å². The van der Waals surface area contributed by atoms with Crippen molar-refractivity contribution in [3.05, 3.63) is 72.9 Å². The van der Waals surface area contributed by atoms with Gasteiger partial charge in [-0.1, -0.05) is 286 Å². The van der Waals surface area contributed by atoms with Gasteiger partial charge in [-0.2, -0.15) is 0 Å². The van der Waals surface area contributed by atoms with Crippen molar-refractivity contribution in [1.29, 1.82) is 0 Å². The number of hydrogen-bond donors (Lipinski definition) is 0.